The second kappa shape index (κ2) is 4.08. The first kappa shape index (κ1) is 10.7. The SMILES string of the molecule is FC1(c2cncc3ccccc23)CCCNC1. The minimum absolute atomic E-state index is 0.392. The Labute approximate surface area is 99.9 Å². The minimum Gasteiger partial charge on any atom is -0.313 e. The van der Waals surface area contributed by atoms with Crippen LogP contribution < -0.4 is 5.32 Å². The topological polar surface area (TPSA) is 24.9 Å². The first-order chi connectivity index (χ1) is 8.30. The molecule has 1 aliphatic rings. The van der Waals surface area contributed by atoms with Crippen LogP contribution in [0.4, 0.5) is 4.39 Å². The fourth-order valence-electron chi connectivity index (χ4n) is 2.57. The summed E-state index contributed by atoms with van der Waals surface area (Å²) in [6.07, 6.45) is 4.92. The Kier molecular flexibility index (Phi) is 2.56. The Morgan fingerprint density at radius 2 is 2.12 bits per heavy atom. The molecule has 3 heteroatoms. The van der Waals surface area contributed by atoms with Crippen molar-refractivity contribution in [1.82, 2.24) is 10.3 Å². The molecule has 1 unspecified atom stereocenters. The lowest BCUT2D eigenvalue weighted by atomic mass is 9.87. The molecule has 1 atom stereocenters. The van der Waals surface area contributed by atoms with Crippen molar-refractivity contribution in [2.24, 2.45) is 0 Å². The van der Waals surface area contributed by atoms with E-state index in [2.05, 4.69) is 10.3 Å². The quantitative estimate of drug-likeness (QED) is 0.814. The predicted octanol–water partition coefficient (Wildman–Crippen LogP) is 2.78. The highest BCUT2D eigenvalue weighted by molar-refractivity contribution is 5.85. The van der Waals surface area contributed by atoms with Crippen LogP contribution in [0.5, 0.6) is 0 Å². The fourth-order valence-corrected chi connectivity index (χ4v) is 2.57. The molecule has 0 amide bonds. The number of hydrogen-bond donors (Lipinski definition) is 1. The Balaban J connectivity index is 2.16. The largest absolute Gasteiger partial charge is 0.313 e. The number of piperidine rings is 1. The summed E-state index contributed by atoms with van der Waals surface area (Å²) in [6, 6.07) is 7.86. The van der Waals surface area contributed by atoms with E-state index in [9.17, 15) is 4.39 Å². The maximum Gasteiger partial charge on any atom is 0.150 e. The molecule has 0 bridgehead atoms. The van der Waals surface area contributed by atoms with Crippen LogP contribution in [0.3, 0.4) is 0 Å². The number of halogens is 1. The van der Waals surface area contributed by atoms with Gasteiger partial charge in [-0.05, 0) is 24.8 Å². The molecule has 3 rings (SSSR count). The van der Waals surface area contributed by atoms with E-state index >= 15 is 0 Å². The van der Waals surface area contributed by atoms with Crippen molar-refractivity contribution in [1.29, 1.82) is 0 Å². The summed E-state index contributed by atoms with van der Waals surface area (Å²) < 4.78 is 14.9. The molecule has 0 radical (unpaired) electrons. The number of alkyl halides is 1. The molecule has 0 aliphatic carbocycles. The number of pyridine rings is 1. The zero-order valence-corrected chi connectivity index (χ0v) is 9.62. The summed E-state index contributed by atoms with van der Waals surface area (Å²) in [5.74, 6) is 0. The molecule has 1 aromatic heterocycles. The Morgan fingerprint density at radius 1 is 1.24 bits per heavy atom. The highest BCUT2D eigenvalue weighted by Gasteiger charge is 2.35. The van der Waals surface area contributed by atoms with Gasteiger partial charge in [0.1, 0.15) is 5.67 Å². The van der Waals surface area contributed by atoms with Crippen LogP contribution in [0, 0.1) is 0 Å². The summed E-state index contributed by atoms with van der Waals surface area (Å²) in [6.45, 7) is 1.30. The molecule has 2 nitrogen and oxygen atoms in total. The number of aromatic nitrogens is 1. The molecule has 1 N–H and O–H groups in total. The average Bonchev–Trinajstić information content (AvgIpc) is 2.39. The molecule has 2 aromatic rings. The summed E-state index contributed by atoms with van der Waals surface area (Å²) in [7, 11) is 0. The number of hydrogen-bond acceptors (Lipinski definition) is 2. The number of fused-ring (bicyclic) bond motifs is 1. The summed E-state index contributed by atoms with van der Waals surface area (Å²) in [5, 5.41) is 5.12. The molecular weight excluding hydrogens is 215 g/mol. The van der Waals surface area contributed by atoms with Crippen molar-refractivity contribution < 1.29 is 4.39 Å². The van der Waals surface area contributed by atoms with Gasteiger partial charge in [-0.15, -0.1) is 0 Å². The smallest absolute Gasteiger partial charge is 0.150 e. The first-order valence-corrected chi connectivity index (χ1v) is 6.02. The minimum atomic E-state index is -1.27. The van der Waals surface area contributed by atoms with E-state index in [1.165, 1.54) is 0 Å². The molecule has 1 aliphatic heterocycles. The van der Waals surface area contributed by atoms with Crippen LogP contribution in [0.2, 0.25) is 0 Å². The van der Waals surface area contributed by atoms with Gasteiger partial charge in [-0.1, -0.05) is 24.3 Å². The lowest BCUT2D eigenvalue weighted by Gasteiger charge is -2.31. The molecule has 0 saturated carbocycles. The zero-order valence-electron chi connectivity index (χ0n) is 9.62. The normalized spacial score (nSPS) is 25.0. The van der Waals surface area contributed by atoms with Gasteiger partial charge in [-0.25, -0.2) is 4.39 Å². The van der Waals surface area contributed by atoms with E-state index in [1.807, 2.05) is 24.3 Å². The third kappa shape index (κ3) is 1.80. The van der Waals surface area contributed by atoms with E-state index in [0.717, 1.165) is 29.3 Å². The average molecular weight is 230 g/mol. The van der Waals surface area contributed by atoms with Gasteiger partial charge in [0.2, 0.25) is 0 Å². The van der Waals surface area contributed by atoms with E-state index in [-0.39, 0.29) is 0 Å². The number of benzene rings is 1. The summed E-state index contributed by atoms with van der Waals surface area (Å²) in [4.78, 5) is 4.17. The van der Waals surface area contributed by atoms with E-state index in [1.54, 1.807) is 12.4 Å². The molecule has 88 valence electrons. The molecule has 0 spiro atoms. The Hall–Kier alpha value is -1.48. The molecule has 2 heterocycles. The van der Waals surface area contributed by atoms with Gasteiger partial charge in [0.25, 0.3) is 0 Å². The molecule has 1 fully saturated rings. The van der Waals surface area contributed by atoms with Crippen molar-refractivity contribution >= 4 is 10.8 Å². The second-order valence-corrected chi connectivity index (χ2v) is 4.65. The molecule has 1 aromatic carbocycles. The maximum atomic E-state index is 14.9. The third-order valence-corrected chi connectivity index (χ3v) is 3.48. The van der Waals surface area contributed by atoms with Crippen molar-refractivity contribution in [2.45, 2.75) is 18.5 Å². The van der Waals surface area contributed by atoms with E-state index in [4.69, 9.17) is 0 Å². The number of rotatable bonds is 1. The molecular formula is C14H15FN2. The highest BCUT2D eigenvalue weighted by Crippen LogP contribution is 2.36. The predicted molar refractivity (Wildman–Crippen MR) is 66.6 cm³/mol. The first-order valence-electron chi connectivity index (χ1n) is 6.02. The lowest BCUT2D eigenvalue weighted by molar-refractivity contribution is 0.123. The molecule has 17 heavy (non-hydrogen) atoms. The van der Waals surface area contributed by atoms with Gasteiger partial charge in [-0.3, -0.25) is 4.98 Å². The highest BCUT2D eigenvalue weighted by atomic mass is 19.1. The van der Waals surface area contributed by atoms with Gasteiger partial charge in [0.05, 0.1) is 0 Å². The van der Waals surface area contributed by atoms with Crippen LogP contribution in [0.1, 0.15) is 18.4 Å². The van der Waals surface area contributed by atoms with E-state index < -0.39 is 5.67 Å². The van der Waals surface area contributed by atoms with Crippen LogP contribution >= 0.6 is 0 Å². The summed E-state index contributed by atoms with van der Waals surface area (Å²) >= 11 is 0. The van der Waals surface area contributed by atoms with Crippen molar-refractivity contribution in [3.8, 4) is 0 Å². The van der Waals surface area contributed by atoms with Gasteiger partial charge in [0, 0.05) is 29.9 Å². The third-order valence-electron chi connectivity index (χ3n) is 3.48. The van der Waals surface area contributed by atoms with Crippen LogP contribution in [0.25, 0.3) is 10.8 Å². The van der Waals surface area contributed by atoms with Gasteiger partial charge >= 0.3 is 0 Å². The van der Waals surface area contributed by atoms with Crippen LogP contribution in [-0.2, 0) is 5.67 Å². The number of nitrogens with one attached hydrogen (secondary N) is 1. The van der Waals surface area contributed by atoms with Gasteiger partial charge < -0.3 is 5.32 Å². The monoisotopic (exact) mass is 230 g/mol. The van der Waals surface area contributed by atoms with Gasteiger partial charge in [0.15, 0.2) is 0 Å². The van der Waals surface area contributed by atoms with Crippen molar-refractivity contribution in [3.63, 3.8) is 0 Å². The van der Waals surface area contributed by atoms with Crippen molar-refractivity contribution in [2.75, 3.05) is 13.1 Å². The Morgan fingerprint density at radius 3 is 2.94 bits per heavy atom. The van der Waals surface area contributed by atoms with Crippen LogP contribution in [0.15, 0.2) is 36.7 Å². The van der Waals surface area contributed by atoms with Gasteiger partial charge in [-0.2, -0.15) is 0 Å². The standard InChI is InChI=1S/C14H15FN2/c15-14(6-3-7-16-10-14)13-9-17-8-11-4-1-2-5-12(11)13/h1-2,4-5,8-9,16H,3,6-7,10H2. The maximum absolute atomic E-state index is 14.9. The summed E-state index contributed by atoms with van der Waals surface area (Å²) in [5.41, 5.74) is -0.547. The lowest BCUT2D eigenvalue weighted by Crippen LogP contribution is -2.40. The Bertz CT molecular complexity index is 527. The fraction of sp³-hybridized carbons (Fsp3) is 0.357. The van der Waals surface area contributed by atoms with E-state index in [0.29, 0.717) is 13.0 Å². The number of nitrogens with zero attached hydrogens (tertiary/aromatic N) is 1. The molecule has 1 saturated heterocycles. The van der Waals surface area contributed by atoms with Crippen molar-refractivity contribution in [3.05, 3.63) is 42.2 Å². The zero-order chi connectivity index (χ0) is 11.7. The van der Waals surface area contributed by atoms with Crippen LogP contribution in [-0.4, -0.2) is 18.1 Å². The second-order valence-electron chi connectivity index (χ2n) is 4.65.